The van der Waals surface area contributed by atoms with Crippen molar-refractivity contribution >= 4 is 5.91 Å². The quantitative estimate of drug-likeness (QED) is 0.820. The van der Waals surface area contributed by atoms with Crippen LogP contribution in [0, 0.1) is 11.3 Å². The fraction of sp³-hybridized carbons (Fsp3) is 0.929. The van der Waals surface area contributed by atoms with Crippen LogP contribution in [0.3, 0.4) is 0 Å². The lowest BCUT2D eigenvalue weighted by atomic mass is 9.84. The predicted molar refractivity (Wildman–Crippen MR) is 71.6 cm³/mol. The summed E-state index contributed by atoms with van der Waals surface area (Å²) in [6, 6.07) is 0.263. The van der Waals surface area contributed by atoms with Gasteiger partial charge < -0.3 is 10.6 Å². The van der Waals surface area contributed by atoms with E-state index in [1.165, 1.54) is 0 Å². The topological polar surface area (TPSA) is 46.3 Å². The highest BCUT2D eigenvalue weighted by atomic mass is 16.2. The van der Waals surface area contributed by atoms with Crippen LogP contribution in [0.15, 0.2) is 0 Å². The summed E-state index contributed by atoms with van der Waals surface area (Å²) in [6.45, 7) is 10.2. The van der Waals surface area contributed by atoms with Gasteiger partial charge in [0.25, 0.3) is 0 Å². The van der Waals surface area contributed by atoms with E-state index in [0.717, 1.165) is 25.8 Å². The molecule has 0 spiro atoms. The Morgan fingerprint density at radius 3 is 2.65 bits per heavy atom. The van der Waals surface area contributed by atoms with Gasteiger partial charge in [-0.2, -0.15) is 0 Å². The highest BCUT2D eigenvalue weighted by Gasteiger charge is 2.31. The number of carbonyl (C=O) groups is 1. The van der Waals surface area contributed by atoms with Crippen LogP contribution in [0.25, 0.3) is 0 Å². The third-order valence-corrected chi connectivity index (χ3v) is 4.16. The SMILES string of the molecule is CCC(C)(C)CC(=O)N1CCC(C)CC1CN. The molecule has 100 valence electrons. The van der Waals surface area contributed by atoms with Crippen molar-refractivity contribution in [1.29, 1.82) is 0 Å². The van der Waals surface area contributed by atoms with Crippen molar-refractivity contribution in [3.63, 3.8) is 0 Å². The smallest absolute Gasteiger partial charge is 0.223 e. The van der Waals surface area contributed by atoms with Crippen LogP contribution in [0.4, 0.5) is 0 Å². The molecule has 1 aliphatic rings. The maximum absolute atomic E-state index is 12.3. The summed E-state index contributed by atoms with van der Waals surface area (Å²) in [5, 5.41) is 0. The number of amides is 1. The highest BCUT2D eigenvalue weighted by molar-refractivity contribution is 5.77. The van der Waals surface area contributed by atoms with Gasteiger partial charge in [-0.25, -0.2) is 0 Å². The molecule has 1 amide bonds. The number of rotatable bonds is 4. The molecule has 17 heavy (non-hydrogen) atoms. The van der Waals surface area contributed by atoms with E-state index in [1.54, 1.807) is 0 Å². The Balaban J connectivity index is 2.61. The normalized spacial score (nSPS) is 26.1. The zero-order valence-corrected chi connectivity index (χ0v) is 11.8. The first-order valence-corrected chi connectivity index (χ1v) is 6.89. The van der Waals surface area contributed by atoms with Crippen LogP contribution in [-0.2, 0) is 4.79 Å². The summed E-state index contributed by atoms with van der Waals surface area (Å²) in [6.07, 6.45) is 3.87. The minimum Gasteiger partial charge on any atom is -0.338 e. The Labute approximate surface area is 106 Å². The van der Waals surface area contributed by atoms with Crippen molar-refractivity contribution < 1.29 is 4.79 Å². The number of carbonyl (C=O) groups excluding carboxylic acids is 1. The van der Waals surface area contributed by atoms with E-state index < -0.39 is 0 Å². The molecule has 3 heteroatoms. The van der Waals surface area contributed by atoms with Gasteiger partial charge in [0.1, 0.15) is 0 Å². The lowest BCUT2D eigenvalue weighted by Crippen LogP contribution is -2.50. The number of nitrogens with two attached hydrogens (primary N) is 1. The maximum Gasteiger partial charge on any atom is 0.223 e. The molecular formula is C14H28N2O. The maximum atomic E-state index is 12.3. The van der Waals surface area contributed by atoms with Crippen LogP contribution in [0.2, 0.25) is 0 Å². The fourth-order valence-corrected chi connectivity index (χ4v) is 2.44. The van der Waals surface area contributed by atoms with E-state index in [-0.39, 0.29) is 11.5 Å². The molecule has 0 aromatic carbocycles. The Bertz CT molecular complexity index is 263. The molecule has 0 saturated carbocycles. The standard InChI is InChI=1S/C14H28N2O/c1-5-14(3,4)9-13(17)16-7-6-11(2)8-12(16)10-15/h11-12H,5-10,15H2,1-4H3. The van der Waals surface area contributed by atoms with Gasteiger partial charge in [-0.3, -0.25) is 4.79 Å². The number of hydrogen-bond acceptors (Lipinski definition) is 2. The second-order valence-corrected chi connectivity index (χ2v) is 6.30. The van der Waals surface area contributed by atoms with E-state index in [4.69, 9.17) is 5.73 Å². The van der Waals surface area contributed by atoms with E-state index >= 15 is 0 Å². The van der Waals surface area contributed by atoms with E-state index in [9.17, 15) is 4.79 Å². The van der Waals surface area contributed by atoms with Crippen molar-refractivity contribution in [2.75, 3.05) is 13.1 Å². The first-order chi connectivity index (χ1) is 7.89. The summed E-state index contributed by atoms with van der Waals surface area (Å²) < 4.78 is 0. The first-order valence-electron chi connectivity index (χ1n) is 6.89. The van der Waals surface area contributed by atoms with Crippen LogP contribution in [0.5, 0.6) is 0 Å². The van der Waals surface area contributed by atoms with Crippen LogP contribution in [-0.4, -0.2) is 29.9 Å². The predicted octanol–water partition coefficient (Wildman–Crippen LogP) is 2.40. The molecular weight excluding hydrogens is 212 g/mol. The van der Waals surface area contributed by atoms with Crippen LogP contribution < -0.4 is 5.73 Å². The summed E-state index contributed by atoms with van der Waals surface area (Å²) in [4.78, 5) is 14.3. The highest BCUT2D eigenvalue weighted by Crippen LogP contribution is 2.28. The monoisotopic (exact) mass is 240 g/mol. The largest absolute Gasteiger partial charge is 0.338 e. The Morgan fingerprint density at radius 2 is 2.12 bits per heavy atom. The Morgan fingerprint density at radius 1 is 1.47 bits per heavy atom. The Hall–Kier alpha value is -0.570. The van der Waals surface area contributed by atoms with Crippen LogP contribution in [0.1, 0.15) is 53.4 Å². The minimum atomic E-state index is 0.110. The number of piperidine rings is 1. The molecule has 1 heterocycles. The lowest BCUT2D eigenvalue weighted by molar-refractivity contribution is -0.137. The molecule has 2 unspecified atom stereocenters. The van der Waals surface area contributed by atoms with E-state index in [2.05, 4.69) is 27.7 Å². The second kappa shape index (κ2) is 5.85. The third-order valence-electron chi connectivity index (χ3n) is 4.16. The van der Waals surface area contributed by atoms with Gasteiger partial charge in [-0.05, 0) is 24.2 Å². The van der Waals surface area contributed by atoms with Gasteiger partial charge in [0.2, 0.25) is 5.91 Å². The van der Waals surface area contributed by atoms with Crippen molar-refractivity contribution in [1.82, 2.24) is 4.90 Å². The average Bonchev–Trinajstić information content (AvgIpc) is 2.28. The van der Waals surface area contributed by atoms with Crippen molar-refractivity contribution in [2.45, 2.75) is 59.4 Å². The van der Waals surface area contributed by atoms with E-state index in [0.29, 0.717) is 24.8 Å². The number of nitrogens with zero attached hydrogens (tertiary/aromatic N) is 1. The van der Waals surface area contributed by atoms with Gasteiger partial charge in [0.15, 0.2) is 0 Å². The van der Waals surface area contributed by atoms with Gasteiger partial charge in [-0.1, -0.05) is 34.1 Å². The summed E-state index contributed by atoms with van der Waals surface area (Å²) in [7, 11) is 0. The molecule has 1 saturated heterocycles. The van der Waals surface area contributed by atoms with Crippen LogP contribution >= 0.6 is 0 Å². The molecule has 1 aliphatic heterocycles. The number of hydrogen-bond donors (Lipinski definition) is 1. The molecule has 0 aromatic rings. The lowest BCUT2D eigenvalue weighted by Gasteiger charge is -2.39. The zero-order valence-electron chi connectivity index (χ0n) is 11.8. The summed E-state index contributed by atoms with van der Waals surface area (Å²) in [5.41, 5.74) is 5.91. The minimum absolute atomic E-state index is 0.110. The van der Waals surface area contributed by atoms with Gasteiger partial charge in [0.05, 0.1) is 0 Å². The van der Waals surface area contributed by atoms with Gasteiger partial charge >= 0.3 is 0 Å². The van der Waals surface area contributed by atoms with Crippen molar-refractivity contribution in [2.24, 2.45) is 17.1 Å². The zero-order chi connectivity index (χ0) is 13.1. The van der Waals surface area contributed by atoms with E-state index in [1.807, 2.05) is 4.90 Å². The number of likely N-dealkylation sites (tertiary alicyclic amines) is 1. The van der Waals surface area contributed by atoms with Crippen molar-refractivity contribution in [3.8, 4) is 0 Å². The Kier molecular flexibility index (Phi) is 4.99. The molecule has 0 aromatic heterocycles. The molecule has 1 rings (SSSR count). The molecule has 0 bridgehead atoms. The average molecular weight is 240 g/mol. The molecule has 3 nitrogen and oxygen atoms in total. The molecule has 2 atom stereocenters. The second-order valence-electron chi connectivity index (χ2n) is 6.30. The fourth-order valence-electron chi connectivity index (χ4n) is 2.44. The molecule has 2 N–H and O–H groups in total. The van der Waals surface area contributed by atoms with Crippen molar-refractivity contribution in [3.05, 3.63) is 0 Å². The molecule has 0 radical (unpaired) electrons. The van der Waals surface area contributed by atoms with Gasteiger partial charge in [-0.15, -0.1) is 0 Å². The summed E-state index contributed by atoms with van der Waals surface area (Å²) in [5.74, 6) is 0.992. The first kappa shape index (κ1) is 14.5. The summed E-state index contributed by atoms with van der Waals surface area (Å²) >= 11 is 0. The third kappa shape index (κ3) is 3.98. The molecule has 0 aliphatic carbocycles. The van der Waals surface area contributed by atoms with Gasteiger partial charge in [0, 0.05) is 25.6 Å². The molecule has 1 fully saturated rings.